The molecule has 0 aromatic carbocycles. The number of nitrogens with one attached hydrogen (secondary N) is 1. The summed E-state index contributed by atoms with van der Waals surface area (Å²) in [6, 6.07) is 4.94. The highest BCUT2D eigenvalue weighted by Crippen LogP contribution is 2.34. The van der Waals surface area contributed by atoms with Gasteiger partial charge in [0, 0.05) is 43.3 Å². The Hall–Kier alpha value is -2.72. The second-order valence-corrected chi connectivity index (χ2v) is 6.38. The van der Waals surface area contributed by atoms with Gasteiger partial charge < -0.3 is 20.7 Å². The van der Waals surface area contributed by atoms with E-state index in [1.54, 1.807) is 7.11 Å². The fraction of sp³-hybridized carbons (Fsp3) is 0.389. The van der Waals surface area contributed by atoms with Crippen molar-refractivity contribution in [3.05, 3.63) is 47.3 Å². The Labute approximate surface area is 164 Å². The summed E-state index contributed by atoms with van der Waals surface area (Å²) in [6.07, 6.45) is -3.37. The summed E-state index contributed by atoms with van der Waals surface area (Å²) in [6.45, 7) is 2.11. The first-order valence-electron chi connectivity index (χ1n) is 8.62. The highest BCUT2D eigenvalue weighted by Gasteiger charge is 2.37. The van der Waals surface area contributed by atoms with Gasteiger partial charge in [0.25, 0.3) is 0 Å². The summed E-state index contributed by atoms with van der Waals surface area (Å²) < 4.78 is 45.6. The second-order valence-electron chi connectivity index (χ2n) is 6.38. The molecule has 1 aliphatic heterocycles. The molecule has 3 rings (SSSR count). The minimum Gasteiger partial charge on any atom is -0.383 e. The lowest BCUT2D eigenvalue weighted by Gasteiger charge is -2.34. The van der Waals surface area contributed by atoms with Crippen LogP contribution in [-0.4, -0.2) is 55.1 Å². The predicted octanol–water partition coefficient (Wildman–Crippen LogP) is 2.47. The van der Waals surface area contributed by atoms with Gasteiger partial charge in [-0.05, 0) is 24.3 Å². The molecule has 3 heterocycles. The lowest BCUT2D eigenvalue weighted by atomic mass is 10.0. The molecule has 1 fully saturated rings. The topological polar surface area (TPSA) is 93.4 Å². The third kappa shape index (κ3) is 4.23. The number of alkyl halides is 3. The number of carbonyl (C=O) groups excluding carboxylic acids is 1. The molecule has 2 aromatic rings. The molecule has 2 aromatic heterocycles. The number of hydrogen-bond acceptors (Lipinski definition) is 7. The Kier molecular flexibility index (Phi) is 5.80. The molecule has 1 saturated heterocycles. The molecule has 0 saturated carbocycles. The summed E-state index contributed by atoms with van der Waals surface area (Å²) in [5.74, 6) is -0.764. The van der Waals surface area contributed by atoms with E-state index in [1.165, 1.54) is 24.4 Å². The number of anilines is 2. The zero-order valence-electron chi connectivity index (χ0n) is 15.2. The van der Waals surface area contributed by atoms with E-state index in [4.69, 9.17) is 10.5 Å². The van der Waals surface area contributed by atoms with Gasteiger partial charge in [-0.15, -0.1) is 0 Å². The predicted molar refractivity (Wildman–Crippen MR) is 104 cm³/mol. The second kappa shape index (κ2) is 8.11. The van der Waals surface area contributed by atoms with Gasteiger partial charge >= 0.3 is 6.18 Å². The van der Waals surface area contributed by atoms with E-state index < -0.39 is 23.2 Å². The maximum atomic E-state index is 13.5. The van der Waals surface area contributed by atoms with Crippen molar-refractivity contribution < 1.29 is 27.0 Å². The molecular weight excluding hydrogens is 375 g/mol. The van der Waals surface area contributed by atoms with Crippen LogP contribution in [0, 0.1) is 0 Å². The zero-order valence-corrected chi connectivity index (χ0v) is 15.2. The molecule has 1 unspecified atom stereocenters. The van der Waals surface area contributed by atoms with E-state index in [2.05, 4.69) is 15.3 Å². The number of halogens is 3. The van der Waals surface area contributed by atoms with Crippen LogP contribution < -0.4 is 16.0 Å². The smallest absolute Gasteiger partial charge is 0.383 e. The van der Waals surface area contributed by atoms with E-state index in [0.717, 1.165) is 6.07 Å². The number of carbonyl (C=O) groups is 1. The van der Waals surface area contributed by atoms with E-state index in [-0.39, 0.29) is 21.7 Å². The number of nitrogens with two attached hydrogens (primary N) is 1. The molecule has 0 bridgehead atoms. The summed E-state index contributed by atoms with van der Waals surface area (Å²) in [5.41, 5.74) is 3.77. The molecular formula is C18H26F3N5O2. The maximum Gasteiger partial charge on any atom is 0.418 e. The highest BCUT2D eigenvalue weighted by molar-refractivity contribution is 6.11. The van der Waals surface area contributed by atoms with Crippen molar-refractivity contribution in [3.8, 4) is 0 Å². The Morgan fingerprint density at radius 1 is 1.43 bits per heavy atom. The number of pyridine rings is 2. The SMILES string of the molecule is COCC1CN(c2ccc(C(F)(F)F)c(C(=O)c3cccnc3N)n2)CCN1.[HH].[HH].[HH]. The Morgan fingerprint density at radius 3 is 2.89 bits per heavy atom. The molecule has 3 N–H and O–H groups in total. The van der Waals surface area contributed by atoms with E-state index >= 15 is 0 Å². The van der Waals surface area contributed by atoms with Crippen molar-refractivity contribution in [2.75, 3.05) is 44.0 Å². The first-order valence-corrected chi connectivity index (χ1v) is 8.62. The quantitative estimate of drug-likeness (QED) is 0.744. The van der Waals surface area contributed by atoms with Crippen molar-refractivity contribution in [2.24, 2.45) is 0 Å². The van der Waals surface area contributed by atoms with Crippen LogP contribution in [0.1, 0.15) is 25.9 Å². The molecule has 0 spiro atoms. The van der Waals surface area contributed by atoms with Gasteiger partial charge in [0.15, 0.2) is 0 Å². The molecule has 156 valence electrons. The van der Waals surface area contributed by atoms with Crippen LogP contribution in [0.3, 0.4) is 0 Å². The summed E-state index contributed by atoms with van der Waals surface area (Å²) in [4.78, 5) is 22.5. The van der Waals surface area contributed by atoms with Gasteiger partial charge in [0.05, 0.1) is 17.7 Å². The fourth-order valence-corrected chi connectivity index (χ4v) is 3.11. The minimum atomic E-state index is -4.73. The van der Waals surface area contributed by atoms with Crippen LogP contribution in [0.4, 0.5) is 24.8 Å². The molecule has 1 aliphatic rings. The van der Waals surface area contributed by atoms with Crippen molar-refractivity contribution in [3.63, 3.8) is 0 Å². The summed E-state index contributed by atoms with van der Waals surface area (Å²) in [5, 5.41) is 3.26. The zero-order chi connectivity index (χ0) is 20.3. The number of nitrogen functional groups attached to an aromatic ring is 1. The number of nitrogens with zero attached hydrogens (tertiary/aromatic N) is 3. The molecule has 0 aliphatic carbocycles. The number of ether oxygens (including phenoxy) is 1. The minimum absolute atomic E-state index is 0. The van der Waals surface area contributed by atoms with Crippen LogP contribution in [0.2, 0.25) is 0 Å². The monoisotopic (exact) mass is 401 g/mol. The number of piperazine rings is 1. The van der Waals surface area contributed by atoms with Gasteiger partial charge in [0.2, 0.25) is 5.78 Å². The Balaban J connectivity index is 0.00000300. The number of aromatic nitrogens is 2. The van der Waals surface area contributed by atoms with Crippen LogP contribution in [0.15, 0.2) is 30.5 Å². The van der Waals surface area contributed by atoms with Crippen molar-refractivity contribution in [1.29, 1.82) is 0 Å². The van der Waals surface area contributed by atoms with Crippen molar-refractivity contribution in [2.45, 2.75) is 12.2 Å². The van der Waals surface area contributed by atoms with Crippen molar-refractivity contribution in [1.82, 2.24) is 15.3 Å². The van der Waals surface area contributed by atoms with E-state index in [1.807, 2.05) is 4.90 Å². The molecule has 7 nitrogen and oxygen atoms in total. The molecule has 0 radical (unpaired) electrons. The van der Waals surface area contributed by atoms with Crippen LogP contribution in [0.5, 0.6) is 0 Å². The van der Waals surface area contributed by atoms with Crippen LogP contribution in [-0.2, 0) is 10.9 Å². The van der Waals surface area contributed by atoms with Gasteiger partial charge in [0.1, 0.15) is 17.3 Å². The largest absolute Gasteiger partial charge is 0.418 e. The normalized spacial score (nSPS) is 17.6. The average molecular weight is 401 g/mol. The third-order valence-corrected chi connectivity index (χ3v) is 4.43. The summed E-state index contributed by atoms with van der Waals surface area (Å²) in [7, 11) is 1.58. The van der Waals surface area contributed by atoms with E-state index in [0.29, 0.717) is 32.1 Å². The first kappa shape index (κ1) is 20.0. The molecule has 1 atom stereocenters. The molecule has 28 heavy (non-hydrogen) atoms. The Bertz CT molecular complexity index is 872. The maximum absolute atomic E-state index is 13.5. The van der Waals surface area contributed by atoms with Crippen LogP contribution >= 0.6 is 0 Å². The molecule has 10 heteroatoms. The standard InChI is InChI=1S/C18H20F3N5O2.3H2/c1-28-10-11-9-26(8-7-23-11)14-5-4-13(18(19,20)21)15(25-14)16(27)12-3-2-6-24-17(12)22;;;/h2-6,11,23H,7-10H2,1H3,(H2,22,24);3*1H. The van der Waals surface area contributed by atoms with Gasteiger partial charge in [-0.1, -0.05) is 0 Å². The number of ketones is 1. The molecule has 0 amide bonds. The third-order valence-electron chi connectivity index (χ3n) is 4.43. The number of rotatable bonds is 5. The number of hydrogen-bond donors (Lipinski definition) is 2. The van der Waals surface area contributed by atoms with Crippen LogP contribution in [0.25, 0.3) is 0 Å². The number of methoxy groups -OCH3 is 1. The Morgan fingerprint density at radius 2 is 2.21 bits per heavy atom. The van der Waals surface area contributed by atoms with E-state index in [9.17, 15) is 18.0 Å². The summed E-state index contributed by atoms with van der Waals surface area (Å²) >= 11 is 0. The average Bonchev–Trinajstić information content (AvgIpc) is 2.67. The highest BCUT2D eigenvalue weighted by atomic mass is 19.4. The van der Waals surface area contributed by atoms with Gasteiger partial charge in [-0.3, -0.25) is 4.79 Å². The lowest BCUT2D eigenvalue weighted by Crippen LogP contribution is -2.52. The lowest BCUT2D eigenvalue weighted by molar-refractivity contribution is -0.138. The first-order chi connectivity index (χ1) is 13.3. The van der Waals surface area contributed by atoms with Gasteiger partial charge in [-0.25, -0.2) is 9.97 Å². The fourth-order valence-electron chi connectivity index (χ4n) is 3.11. The van der Waals surface area contributed by atoms with Gasteiger partial charge in [-0.2, -0.15) is 13.2 Å². The van der Waals surface area contributed by atoms with Crippen molar-refractivity contribution >= 4 is 17.4 Å².